The molecule has 0 N–H and O–H groups in total. The summed E-state index contributed by atoms with van der Waals surface area (Å²) in [6.45, 7) is 4.58. The Morgan fingerprint density at radius 1 is 0.382 bits per heavy atom. The Morgan fingerprint density at radius 2 is 0.982 bits per heavy atom. The van der Waals surface area contributed by atoms with Gasteiger partial charge in [-0.3, -0.25) is 0 Å². The molecule has 0 saturated carbocycles. The van der Waals surface area contributed by atoms with Crippen molar-refractivity contribution >= 4 is 33.0 Å². The molecular weight excluding hydrogens is 677 g/mol. The molecule has 0 aliphatic heterocycles. The maximum Gasteiger partial charge on any atom is 0.227 e. The molecule has 3 aromatic heterocycles. The zero-order valence-corrected chi connectivity index (χ0v) is 30.1. The third-order valence-electron chi connectivity index (χ3n) is 11.0. The molecule has 0 unspecified atom stereocenters. The van der Waals surface area contributed by atoms with Crippen molar-refractivity contribution in [3.05, 3.63) is 169 Å². The van der Waals surface area contributed by atoms with Gasteiger partial charge in [-0.05, 0) is 64.2 Å². The van der Waals surface area contributed by atoms with Gasteiger partial charge in [-0.1, -0.05) is 135 Å². The van der Waals surface area contributed by atoms with Crippen LogP contribution in [-0.2, 0) is 5.41 Å². The van der Waals surface area contributed by atoms with Crippen LogP contribution < -0.4 is 0 Å². The first-order chi connectivity index (χ1) is 27.0. The van der Waals surface area contributed by atoms with Crippen LogP contribution in [0.3, 0.4) is 0 Å². The molecule has 0 radical (unpaired) electrons. The van der Waals surface area contributed by atoms with Gasteiger partial charge < -0.3 is 8.83 Å². The van der Waals surface area contributed by atoms with Gasteiger partial charge in [0.25, 0.3) is 0 Å². The molecule has 0 fully saturated rings. The van der Waals surface area contributed by atoms with Crippen LogP contribution in [0.15, 0.2) is 167 Å². The van der Waals surface area contributed by atoms with E-state index in [-0.39, 0.29) is 5.41 Å². The van der Waals surface area contributed by atoms with Crippen molar-refractivity contribution in [1.29, 1.82) is 0 Å². The Bertz CT molecular complexity index is 3120. The first-order valence-corrected chi connectivity index (χ1v) is 18.5. The van der Waals surface area contributed by atoms with E-state index in [1.807, 2.05) is 66.7 Å². The van der Waals surface area contributed by atoms with Crippen molar-refractivity contribution in [2.45, 2.75) is 19.3 Å². The highest BCUT2D eigenvalue weighted by molar-refractivity contribution is 6.05. The van der Waals surface area contributed by atoms with Crippen LogP contribution in [0.2, 0.25) is 0 Å². The maximum atomic E-state index is 6.42. The molecule has 6 nitrogen and oxygen atoms in total. The molecule has 6 heteroatoms. The van der Waals surface area contributed by atoms with E-state index in [9.17, 15) is 0 Å². The average Bonchev–Trinajstić information content (AvgIpc) is 3.91. The third kappa shape index (κ3) is 5.02. The lowest BCUT2D eigenvalue weighted by atomic mass is 9.82. The van der Waals surface area contributed by atoms with Crippen LogP contribution in [0.4, 0.5) is 0 Å². The van der Waals surface area contributed by atoms with E-state index in [0.29, 0.717) is 23.4 Å². The fourth-order valence-corrected chi connectivity index (χ4v) is 8.16. The van der Waals surface area contributed by atoms with Crippen LogP contribution in [0, 0.1) is 0 Å². The molecule has 7 aromatic carbocycles. The first kappa shape index (κ1) is 31.4. The second-order valence-corrected chi connectivity index (χ2v) is 14.7. The van der Waals surface area contributed by atoms with Crippen LogP contribution >= 0.6 is 0 Å². The number of furan rings is 1. The number of hydrogen-bond donors (Lipinski definition) is 0. The Balaban J connectivity index is 0.962. The fraction of sp³-hybridized carbons (Fsp3) is 0.0612. The van der Waals surface area contributed by atoms with Crippen molar-refractivity contribution in [2.24, 2.45) is 0 Å². The number of benzene rings is 7. The molecule has 260 valence electrons. The molecule has 0 spiro atoms. The summed E-state index contributed by atoms with van der Waals surface area (Å²) in [5, 5.41) is 2.14. The molecular formula is C49H32N4O2. The Labute approximate surface area is 316 Å². The van der Waals surface area contributed by atoms with Crippen molar-refractivity contribution in [1.82, 2.24) is 19.9 Å². The van der Waals surface area contributed by atoms with Crippen LogP contribution in [0.1, 0.15) is 25.0 Å². The van der Waals surface area contributed by atoms with Crippen molar-refractivity contribution in [3.8, 4) is 67.9 Å². The molecule has 11 rings (SSSR count). The van der Waals surface area contributed by atoms with Gasteiger partial charge in [0.15, 0.2) is 23.1 Å². The van der Waals surface area contributed by atoms with Crippen LogP contribution in [0.5, 0.6) is 0 Å². The van der Waals surface area contributed by atoms with Gasteiger partial charge in [-0.2, -0.15) is 0 Å². The van der Waals surface area contributed by atoms with Gasteiger partial charge in [0.05, 0.1) is 0 Å². The Kier molecular flexibility index (Phi) is 6.79. The topological polar surface area (TPSA) is 77.8 Å². The van der Waals surface area contributed by atoms with Gasteiger partial charge in [0.1, 0.15) is 16.7 Å². The standard InChI is InChI=1S/C49H32N4O2/c1-49(2)39-16-8-6-13-35(39)36-25-24-33(27-40(36)49)48-50-44-34(15-10-18-42(44)55-48)29-19-21-31(22-20-29)46-51-45(30-11-4-3-5-12-30)52-47(53-46)32-23-26-38-37-14-7-9-17-41(37)54-43(38)28-32/h3-28H,1-2H3. The lowest BCUT2D eigenvalue weighted by molar-refractivity contribution is 0.618. The first-order valence-electron chi connectivity index (χ1n) is 18.5. The quantitative estimate of drug-likeness (QED) is 0.177. The summed E-state index contributed by atoms with van der Waals surface area (Å²) in [5.41, 5.74) is 13.9. The number of oxazole rings is 1. The van der Waals surface area contributed by atoms with E-state index in [1.165, 1.54) is 22.3 Å². The summed E-state index contributed by atoms with van der Waals surface area (Å²) in [5.74, 6) is 2.38. The second-order valence-electron chi connectivity index (χ2n) is 14.7. The molecule has 10 aromatic rings. The van der Waals surface area contributed by atoms with E-state index in [4.69, 9.17) is 28.8 Å². The zero-order valence-electron chi connectivity index (χ0n) is 30.1. The number of aromatic nitrogens is 4. The van der Waals surface area contributed by atoms with E-state index < -0.39 is 0 Å². The van der Waals surface area contributed by atoms with E-state index in [0.717, 1.165) is 66.4 Å². The molecule has 0 saturated heterocycles. The minimum atomic E-state index is -0.107. The summed E-state index contributed by atoms with van der Waals surface area (Å²) in [6, 6.07) is 53.9. The van der Waals surface area contributed by atoms with Crippen LogP contribution in [-0.4, -0.2) is 19.9 Å². The molecule has 0 atom stereocenters. The Hall–Kier alpha value is -7.18. The largest absolute Gasteiger partial charge is 0.456 e. The predicted molar refractivity (Wildman–Crippen MR) is 219 cm³/mol. The van der Waals surface area contributed by atoms with Crippen molar-refractivity contribution < 1.29 is 8.83 Å². The molecule has 0 bridgehead atoms. The number of fused-ring (bicyclic) bond motifs is 7. The van der Waals surface area contributed by atoms with Crippen molar-refractivity contribution in [2.75, 3.05) is 0 Å². The summed E-state index contributed by atoms with van der Waals surface area (Å²) in [7, 11) is 0. The highest BCUT2D eigenvalue weighted by Crippen LogP contribution is 2.49. The third-order valence-corrected chi connectivity index (χ3v) is 11.0. The number of hydrogen-bond acceptors (Lipinski definition) is 6. The van der Waals surface area contributed by atoms with Gasteiger partial charge in [-0.15, -0.1) is 0 Å². The second kappa shape index (κ2) is 11.9. The van der Waals surface area contributed by atoms with Crippen LogP contribution in [0.25, 0.3) is 101 Å². The smallest absolute Gasteiger partial charge is 0.227 e. The summed E-state index contributed by atoms with van der Waals surface area (Å²) >= 11 is 0. The molecule has 3 heterocycles. The van der Waals surface area contributed by atoms with Gasteiger partial charge in [-0.25, -0.2) is 19.9 Å². The number of rotatable bonds is 5. The minimum absolute atomic E-state index is 0.107. The van der Waals surface area contributed by atoms with Gasteiger partial charge >= 0.3 is 0 Å². The lowest BCUT2D eigenvalue weighted by Gasteiger charge is -2.21. The monoisotopic (exact) mass is 708 g/mol. The highest BCUT2D eigenvalue weighted by Gasteiger charge is 2.35. The molecule has 1 aliphatic rings. The Morgan fingerprint density at radius 3 is 1.82 bits per heavy atom. The van der Waals surface area contributed by atoms with Gasteiger partial charge in [0.2, 0.25) is 5.89 Å². The summed E-state index contributed by atoms with van der Waals surface area (Å²) in [4.78, 5) is 20.0. The number of nitrogens with zero attached hydrogens (tertiary/aromatic N) is 4. The van der Waals surface area contributed by atoms with E-state index >= 15 is 0 Å². The molecule has 0 amide bonds. The van der Waals surface area contributed by atoms with Gasteiger partial charge in [0, 0.05) is 44.0 Å². The lowest BCUT2D eigenvalue weighted by Crippen LogP contribution is -2.14. The summed E-state index contributed by atoms with van der Waals surface area (Å²) < 4.78 is 12.6. The van der Waals surface area contributed by atoms with Crippen molar-refractivity contribution in [3.63, 3.8) is 0 Å². The average molecular weight is 709 g/mol. The zero-order chi connectivity index (χ0) is 36.7. The number of para-hydroxylation sites is 2. The fourth-order valence-electron chi connectivity index (χ4n) is 8.16. The summed E-state index contributed by atoms with van der Waals surface area (Å²) in [6.07, 6.45) is 0. The van der Waals surface area contributed by atoms with E-state index in [1.54, 1.807) is 0 Å². The maximum absolute atomic E-state index is 6.42. The SMILES string of the molecule is CC1(C)c2ccccc2-c2ccc(-c3nc4c(-c5ccc(-c6nc(-c7ccccc7)nc(-c7ccc8c(c7)oc7ccccc78)n6)cc5)cccc4o3)cc21. The van der Waals surface area contributed by atoms with E-state index in [2.05, 4.69) is 105 Å². The molecule has 1 aliphatic carbocycles. The predicted octanol–water partition coefficient (Wildman–Crippen LogP) is 12.6. The highest BCUT2D eigenvalue weighted by atomic mass is 16.3. The minimum Gasteiger partial charge on any atom is -0.456 e. The molecule has 55 heavy (non-hydrogen) atoms. The normalized spacial score (nSPS) is 13.1.